The second kappa shape index (κ2) is 10.3. The van der Waals surface area contributed by atoms with Crippen molar-refractivity contribution in [2.45, 2.75) is 26.0 Å². The Kier molecular flexibility index (Phi) is 7.22. The van der Waals surface area contributed by atoms with Crippen LogP contribution in [0.2, 0.25) is 5.02 Å². The maximum absolute atomic E-state index is 13.4. The first-order valence-corrected chi connectivity index (χ1v) is 11.7. The molecule has 36 heavy (non-hydrogen) atoms. The number of benzene rings is 3. The van der Waals surface area contributed by atoms with Crippen molar-refractivity contribution < 1.29 is 28.9 Å². The molecular formula is C28H26ClNO6. The van der Waals surface area contributed by atoms with Gasteiger partial charge in [0, 0.05) is 11.3 Å². The minimum Gasteiger partial charge on any atom is -0.507 e. The molecule has 8 heteroatoms. The molecule has 1 N–H and O–H groups in total. The number of halogens is 1. The summed E-state index contributed by atoms with van der Waals surface area (Å²) in [7, 11) is 3.02. The Morgan fingerprint density at radius 1 is 0.944 bits per heavy atom. The molecule has 0 radical (unpaired) electrons. The number of ether oxygens (including phenoxy) is 3. The standard InChI is InChI=1S/C28H26ClNO6/c1-16(2)36-21-7-5-6-17(14-21)25-24(26(31)18-8-13-23(35-4)22(29)15-18)27(32)28(33)30(25)19-9-11-20(34-3)12-10-19/h5-16,25,31H,1-4H3/b26-24+. The maximum atomic E-state index is 13.4. The molecular weight excluding hydrogens is 482 g/mol. The third kappa shape index (κ3) is 4.75. The van der Waals surface area contributed by atoms with Crippen molar-refractivity contribution in [2.24, 2.45) is 0 Å². The summed E-state index contributed by atoms with van der Waals surface area (Å²) in [6.45, 7) is 3.81. The number of Topliss-reactive ketones (excluding diaryl/α,β-unsaturated/α-hetero) is 1. The number of anilines is 1. The van der Waals surface area contributed by atoms with Gasteiger partial charge in [-0.1, -0.05) is 23.7 Å². The number of ketones is 1. The van der Waals surface area contributed by atoms with E-state index in [0.717, 1.165) is 0 Å². The number of hydrogen-bond acceptors (Lipinski definition) is 6. The Hall–Kier alpha value is -3.97. The van der Waals surface area contributed by atoms with Gasteiger partial charge in [-0.15, -0.1) is 0 Å². The van der Waals surface area contributed by atoms with Gasteiger partial charge in [-0.2, -0.15) is 0 Å². The zero-order valence-electron chi connectivity index (χ0n) is 20.3. The van der Waals surface area contributed by atoms with Gasteiger partial charge in [-0.25, -0.2) is 0 Å². The molecule has 1 unspecified atom stereocenters. The van der Waals surface area contributed by atoms with E-state index in [1.165, 1.54) is 18.1 Å². The maximum Gasteiger partial charge on any atom is 0.300 e. The van der Waals surface area contributed by atoms with Crippen molar-refractivity contribution in [3.63, 3.8) is 0 Å². The van der Waals surface area contributed by atoms with Crippen LogP contribution in [0, 0.1) is 0 Å². The Labute approximate surface area is 214 Å². The molecule has 1 heterocycles. The van der Waals surface area contributed by atoms with E-state index in [9.17, 15) is 14.7 Å². The van der Waals surface area contributed by atoms with E-state index in [0.29, 0.717) is 28.5 Å². The molecule has 7 nitrogen and oxygen atoms in total. The van der Waals surface area contributed by atoms with E-state index in [-0.39, 0.29) is 28.0 Å². The SMILES string of the molecule is COc1ccc(N2C(=O)C(=O)/C(=C(/O)c3ccc(OC)c(Cl)c3)C2c2cccc(OC(C)C)c2)cc1. The highest BCUT2D eigenvalue weighted by Crippen LogP contribution is 2.43. The number of nitrogens with zero attached hydrogens (tertiary/aromatic N) is 1. The number of carbonyl (C=O) groups is 2. The smallest absolute Gasteiger partial charge is 0.300 e. The van der Waals surface area contributed by atoms with Gasteiger partial charge in [0.25, 0.3) is 11.7 Å². The summed E-state index contributed by atoms with van der Waals surface area (Å²) in [5.74, 6) is -0.310. The monoisotopic (exact) mass is 507 g/mol. The third-order valence-electron chi connectivity index (χ3n) is 5.77. The van der Waals surface area contributed by atoms with Crippen molar-refractivity contribution in [2.75, 3.05) is 19.1 Å². The van der Waals surface area contributed by atoms with Crippen LogP contribution in [0.25, 0.3) is 5.76 Å². The molecule has 3 aromatic carbocycles. The topological polar surface area (TPSA) is 85.3 Å². The van der Waals surface area contributed by atoms with E-state index in [4.69, 9.17) is 25.8 Å². The number of methoxy groups -OCH3 is 2. The largest absolute Gasteiger partial charge is 0.507 e. The second-order valence-electron chi connectivity index (χ2n) is 8.46. The van der Waals surface area contributed by atoms with Gasteiger partial charge >= 0.3 is 0 Å². The highest BCUT2D eigenvalue weighted by atomic mass is 35.5. The average Bonchev–Trinajstić information content (AvgIpc) is 3.13. The number of hydrogen-bond donors (Lipinski definition) is 1. The highest BCUT2D eigenvalue weighted by molar-refractivity contribution is 6.51. The van der Waals surface area contributed by atoms with Gasteiger partial charge in [0.05, 0.1) is 37.0 Å². The highest BCUT2D eigenvalue weighted by Gasteiger charge is 2.47. The summed E-state index contributed by atoms with van der Waals surface area (Å²) in [4.78, 5) is 28.1. The second-order valence-corrected chi connectivity index (χ2v) is 8.86. The Balaban J connectivity index is 1.92. The molecule has 1 amide bonds. The summed E-state index contributed by atoms with van der Waals surface area (Å²) < 4.78 is 16.3. The molecule has 0 bridgehead atoms. The molecule has 4 rings (SSSR count). The predicted octanol–water partition coefficient (Wildman–Crippen LogP) is 5.77. The van der Waals surface area contributed by atoms with E-state index in [1.807, 2.05) is 13.8 Å². The van der Waals surface area contributed by atoms with Crippen LogP contribution in [0.3, 0.4) is 0 Å². The minimum absolute atomic E-state index is 0.0567. The lowest BCUT2D eigenvalue weighted by molar-refractivity contribution is -0.132. The molecule has 1 atom stereocenters. The van der Waals surface area contributed by atoms with Crippen molar-refractivity contribution >= 4 is 34.7 Å². The van der Waals surface area contributed by atoms with E-state index in [2.05, 4.69) is 0 Å². The lowest BCUT2D eigenvalue weighted by Crippen LogP contribution is -2.29. The van der Waals surface area contributed by atoms with Gasteiger partial charge in [0.2, 0.25) is 0 Å². The number of carbonyl (C=O) groups excluding carboxylic acids is 2. The zero-order valence-corrected chi connectivity index (χ0v) is 21.1. The summed E-state index contributed by atoms with van der Waals surface area (Å²) in [5.41, 5.74) is 1.31. The lowest BCUT2D eigenvalue weighted by atomic mass is 9.95. The molecule has 3 aromatic rings. The molecule has 0 spiro atoms. The van der Waals surface area contributed by atoms with E-state index in [1.54, 1.807) is 67.8 Å². The average molecular weight is 508 g/mol. The third-order valence-corrected chi connectivity index (χ3v) is 6.06. The van der Waals surface area contributed by atoms with Crippen molar-refractivity contribution in [1.82, 2.24) is 0 Å². The van der Waals surface area contributed by atoms with Crippen molar-refractivity contribution in [1.29, 1.82) is 0 Å². The summed E-state index contributed by atoms with van der Waals surface area (Å²) in [5, 5.41) is 11.6. The van der Waals surface area contributed by atoms with Gasteiger partial charge in [-0.3, -0.25) is 14.5 Å². The van der Waals surface area contributed by atoms with Crippen LogP contribution in [0.1, 0.15) is 31.0 Å². The number of aliphatic hydroxyl groups is 1. The quantitative estimate of drug-likeness (QED) is 0.248. The molecule has 1 fully saturated rings. The molecule has 1 aliphatic heterocycles. The van der Waals surface area contributed by atoms with Crippen LogP contribution in [0.5, 0.6) is 17.2 Å². The van der Waals surface area contributed by atoms with Crippen LogP contribution in [-0.2, 0) is 9.59 Å². The summed E-state index contributed by atoms with van der Waals surface area (Å²) in [6.07, 6.45) is -0.0744. The van der Waals surface area contributed by atoms with Crippen molar-refractivity contribution in [3.8, 4) is 17.2 Å². The van der Waals surface area contributed by atoms with Gasteiger partial charge in [0.1, 0.15) is 23.0 Å². The zero-order chi connectivity index (χ0) is 26.0. The molecule has 186 valence electrons. The first kappa shape index (κ1) is 25.1. The van der Waals surface area contributed by atoms with Gasteiger partial charge in [-0.05, 0) is 74.0 Å². The van der Waals surface area contributed by atoms with Gasteiger partial charge in [0.15, 0.2) is 0 Å². The summed E-state index contributed by atoms with van der Waals surface area (Å²) in [6, 6.07) is 17.7. The van der Waals surface area contributed by atoms with Crippen LogP contribution in [0.15, 0.2) is 72.3 Å². The Morgan fingerprint density at radius 3 is 2.28 bits per heavy atom. The van der Waals surface area contributed by atoms with Crippen LogP contribution in [0.4, 0.5) is 5.69 Å². The predicted molar refractivity (Wildman–Crippen MR) is 138 cm³/mol. The molecule has 1 saturated heterocycles. The fraction of sp³-hybridized carbons (Fsp3) is 0.214. The van der Waals surface area contributed by atoms with Gasteiger partial charge < -0.3 is 19.3 Å². The molecule has 0 aromatic heterocycles. The number of amides is 1. The Morgan fingerprint density at radius 2 is 1.67 bits per heavy atom. The number of aliphatic hydroxyl groups excluding tert-OH is 1. The van der Waals surface area contributed by atoms with Crippen LogP contribution in [-0.4, -0.2) is 37.1 Å². The normalized spacial score (nSPS) is 16.9. The molecule has 1 aliphatic rings. The first-order chi connectivity index (χ1) is 17.2. The van der Waals surface area contributed by atoms with E-state index < -0.39 is 17.7 Å². The molecule has 0 saturated carbocycles. The fourth-order valence-electron chi connectivity index (χ4n) is 4.16. The van der Waals surface area contributed by atoms with Crippen molar-refractivity contribution in [3.05, 3.63) is 88.5 Å². The minimum atomic E-state index is -0.907. The lowest BCUT2D eigenvalue weighted by Gasteiger charge is -2.26. The first-order valence-electron chi connectivity index (χ1n) is 11.3. The Bertz CT molecular complexity index is 1330. The van der Waals surface area contributed by atoms with E-state index >= 15 is 0 Å². The van der Waals surface area contributed by atoms with Crippen LogP contribution >= 0.6 is 11.6 Å². The summed E-state index contributed by atoms with van der Waals surface area (Å²) >= 11 is 6.27. The fourth-order valence-corrected chi connectivity index (χ4v) is 4.41. The number of rotatable bonds is 7. The molecule has 0 aliphatic carbocycles. The van der Waals surface area contributed by atoms with Crippen LogP contribution < -0.4 is 19.1 Å².